The molecule has 0 amide bonds. The number of nitrogens with zero attached hydrogens (tertiary/aromatic N) is 2. The largest absolute Gasteiger partial charge is 0.316 e. The molecule has 0 aliphatic heterocycles. The smallest absolute Gasteiger partial charge is 0.103 e. The van der Waals surface area contributed by atoms with E-state index in [1.54, 1.807) is 11.8 Å². The first-order valence-electron chi connectivity index (χ1n) is 6.45. The summed E-state index contributed by atoms with van der Waals surface area (Å²) in [5, 5.41) is 8.97. The number of hydrogen-bond acceptors (Lipinski definition) is 3. The summed E-state index contributed by atoms with van der Waals surface area (Å²) in [6.45, 7) is 7.21. The summed E-state index contributed by atoms with van der Waals surface area (Å²) in [5.41, 5.74) is 5.01. The van der Waals surface area contributed by atoms with Gasteiger partial charge in [0.25, 0.3) is 0 Å². The lowest BCUT2D eigenvalue weighted by Gasteiger charge is -2.09. The molecule has 0 saturated heterocycles. The Morgan fingerprint density at radius 1 is 1.26 bits per heavy atom. The van der Waals surface area contributed by atoms with Crippen molar-refractivity contribution in [2.45, 2.75) is 37.2 Å². The number of aromatic nitrogens is 2. The highest BCUT2D eigenvalue weighted by Crippen LogP contribution is 2.33. The van der Waals surface area contributed by atoms with Crippen molar-refractivity contribution in [3.8, 4) is 0 Å². The molecule has 1 aromatic carbocycles. The summed E-state index contributed by atoms with van der Waals surface area (Å²) in [4.78, 5) is 1.30. The number of rotatable bonds is 4. The van der Waals surface area contributed by atoms with Crippen molar-refractivity contribution in [1.82, 2.24) is 15.1 Å². The van der Waals surface area contributed by atoms with Crippen molar-refractivity contribution in [2.24, 2.45) is 7.05 Å². The summed E-state index contributed by atoms with van der Waals surface area (Å²) in [6.07, 6.45) is 0. The van der Waals surface area contributed by atoms with E-state index in [9.17, 15) is 0 Å². The van der Waals surface area contributed by atoms with Crippen molar-refractivity contribution in [1.29, 1.82) is 0 Å². The summed E-state index contributed by atoms with van der Waals surface area (Å²) in [7, 11) is 3.98. The lowest BCUT2D eigenvalue weighted by molar-refractivity contribution is 0.683. The standard InChI is InChI=1S/C15H21N3S/c1-10-6-7-14(11(2)8-10)19-15-13(9-16-4)12(3)17-18(15)5/h6-8,16H,9H2,1-5H3. The van der Waals surface area contributed by atoms with Gasteiger partial charge in [-0.05, 0) is 39.4 Å². The summed E-state index contributed by atoms with van der Waals surface area (Å²) in [5.74, 6) is 0. The third-order valence-electron chi connectivity index (χ3n) is 3.18. The first-order valence-corrected chi connectivity index (χ1v) is 7.26. The molecule has 0 aliphatic carbocycles. The molecule has 0 aliphatic rings. The second kappa shape index (κ2) is 5.80. The zero-order chi connectivity index (χ0) is 14.0. The lowest BCUT2D eigenvalue weighted by atomic mass is 10.2. The van der Waals surface area contributed by atoms with Crippen LogP contribution in [0.15, 0.2) is 28.1 Å². The zero-order valence-electron chi connectivity index (χ0n) is 12.2. The van der Waals surface area contributed by atoms with Crippen molar-refractivity contribution in [3.05, 3.63) is 40.6 Å². The molecule has 0 spiro atoms. The van der Waals surface area contributed by atoms with Crippen LogP contribution in [-0.2, 0) is 13.6 Å². The van der Waals surface area contributed by atoms with Gasteiger partial charge in [0.15, 0.2) is 0 Å². The lowest BCUT2D eigenvalue weighted by Crippen LogP contribution is -2.06. The second-order valence-corrected chi connectivity index (χ2v) is 5.92. The highest BCUT2D eigenvalue weighted by atomic mass is 32.2. The Hall–Kier alpha value is -1.26. The Morgan fingerprint density at radius 2 is 2.00 bits per heavy atom. The maximum atomic E-state index is 4.53. The van der Waals surface area contributed by atoms with Gasteiger partial charge in [0.1, 0.15) is 5.03 Å². The molecule has 1 N–H and O–H groups in total. The fraction of sp³-hybridized carbons (Fsp3) is 0.400. The molecule has 0 saturated carbocycles. The Morgan fingerprint density at radius 3 is 2.63 bits per heavy atom. The quantitative estimate of drug-likeness (QED) is 0.929. The molecule has 1 aromatic heterocycles. The van der Waals surface area contributed by atoms with E-state index >= 15 is 0 Å². The van der Waals surface area contributed by atoms with Crippen molar-refractivity contribution >= 4 is 11.8 Å². The van der Waals surface area contributed by atoms with Crippen molar-refractivity contribution in [3.63, 3.8) is 0 Å². The van der Waals surface area contributed by atoms with Gasteiger partial charge < -0.3 is 5.32 Å². The van der Waals surface area contributed by atoms with Gasteiger partial charge >= 0.3 is 0 Å². The minimum Gasteiger partial charge on any atom is -0.316 e. The van der Waals surface area contributed by atoms with Gasteiger partial charge in [0.2, 0.25) is 0 Å². The average molecular weight is 275 g/mol. The Labute approximate surface area is 119 Å². The van der Waals surface area contributed by atoms with E-state index in [-0.39, 0.29) is 0 Å². The Kier molecular flexibility index (Phi) is 4.32. The van der Waals surface area contributed by atoms with Gasteiger partial charge in [-0.1, -0.05) is 29.5 Å². The molecule has 0 fully saturated rings. The molecule has 102 valence electrons. The molecule has 2 rings (SSSR count). The SMILES string of the molecule is CNCc1c(C)nn(C)c1Sc1ccc(C)cc1C. The minimum absolute atomic E-state index is 0.854. The molecular weight excluding hydrogens is 254 g/mol. The molecule has 1 heterocycles. The summed E-state index contributed by atoms with van der Waals surface area (Å²) < 4.78 is 1.98. The molecule has 19 heavy (non-hydrogen) atoms. The maximum absolute atomic E-state index is 4.53. The minimum atomic E-state index is 0.854. The van der Waals surface area contributed by atoms with E-state index in [1.165, 1.54) is 26.6 Å². The van der Waals surface area contributed by atoms with Gasteiger partial charge in [0.05, 0.1) is 5.69 Å². The van der Waals surface area contributed by atoms with Crippen LogP contribution in [0, 0.1) is 20.8 Å². The Bertz CT molecular complexity index is 587. The molecular formula is C15H21N3S. The molecule has 0 atom stereocenters. The highest BCUT2D eigenvalue weighted by Gasteiger charge is 2.14. The molecule has 0 bridgehead atoms. The van der Waals surface area contributed by atoms with Crippen LogP contribution in [0.4, 0.5) is 0 Å². The van der Waals surface area contributed by atoms with Crippen LogP contribution in [-0.4, -0.2) is 16.8 Å². The predicted octanol–water partition coefficient (Wildman–Crippen LogP) is 3.22. The highest BCUT2D eigenvalue weighted by molar-refractivity contribution is 7.99. The van der Waals surface area contributed by atoms with E-state index in [2.05, 4.69) is 49.4 Å². The fourth-order valence-corrected chi connectivity index (χ4v) is 3.29. The first-order chi connectivity index (χ1) is 9.02. The van der Waals surface area contributed by atoms with Gasteiger partial charge in [-0.25, -0.2) is 0 Å². The third kappa shape index (κ3) is 3.01. The molecule has 0 radical (unpaired) electrons. The zero-order valence-corrected chi connectivity index (χ0v) is 13.1. The second-order valence-electron chi connectivity index (χ2n) is 4.89. The van der Waals surface area contributed by atoms with Crippen LogP contribution in [0.3, 0.4) is 0 Å². The first kappa shape index (κ1) is 14.2. The fourth-order valence-electron chi connectivity index (χ4n) is 2.21. The van der Waals surface area contributed by atoms with E-state index in [4.69, 9.17) is 0 Å². The predicted molar refractivity (Wildman–Crippen MR) is 80.7 cm³/mol. The van der Waals surface area contributed by atoms with Gasteiger partial charge in [-0.2, -0.15) is 5.10 Å². The topological polar surface area (TPSA) is 29.9 Å². The van der Waals surface area contributed by atoms with Crippen LogP contribution < -0.4 is 5.32 Å². The van der Waals surface area contributed by atoms with E-state index in [0.717, 1.165) is 12.2 Å². The van der Waals surface area contributed by atoms with Gasteiger partial charge in [-0.3, -0.25) is 4.68 Å². The maximum Gasteiger partial charge on any atom is 0.103 e. The van der Waals surface area contributed by atoms with Gasteiger partial charge in [-0.15, -0.1) is 0 Å². The van der Waals surface area contributed by atoms with E-state index in [1.807, 2.05) is 18.8 Å². The van der Waals surface area contributed by atoms with Crippen molar-refractivity contribution in [2.75, 3.05) is 7.05 Å². The average Bonchev–Trinajstić information content (AvgIpc) is 2.60. The van der Waals surface area contributed by atoms with Crippen LogP contribution in [0.1, 0.15) is 22.4 Å². The molecule has 4 heteroatoms. The summed E-state index contributed by atoms with van der Waals surface area (Å²) >= 11 is 1.80. The number of benzene rings is 1. The van der Waals surface area contributed by atoms with Crippen LogP contribution in [0.25, 0.3) is 0 Å². The molecule has 0 unspecified atom stereocenters. The van der Waals surface area contributed by atoms with Crippen LogP contribution in [0.5, 0.6) is 0 Å². The number of nitrogens with one attached hydrogen (secondary N) is 1. The summed E-state index contributed by atoms with van der Waals surface area (Å²) in [6, 6.07) is 6.58. The van der Waals surface area contributed by atoms with Crippen LogP contribution >= 0.6 is 11.8 Å². The van der Waals surface area contributed by atoms with Crippen LogP contribution in [0.2, 0.25) is 0 Å². The molecule has 2 aromatic rings. The normalized spacial score (nSPS) is 11.0. The van der Waals surface area contributed by atoms with Gasteiger partial charge in [0, 0.05) is 24.1 Å². The van der Waals surface area contributed by atoms with E-state index < -0.39 is 0 Å². The third-order valence-corrected chi connectivity index (χ3v) is 4.56. The Balaban J connectivity index is 2.37. The number of hydrogen-bond donors (Lipinski definition) is 1. The molecule has 3 nitrogen and oxygen atoms in total. The monoisotopic (exact) mass is 275 g/mol. The van der Waals surface area contributed by atoms with Crippen molar-refractivity contribution < 1.29 is 0 Å². The van der Waals surface area contributed by atoms with E-state index in [0.29, 0.717) is 0 Å². The number of aryl methyl sites for hydroxylation is 4.